The van der Waals surface area contributed by atoms with E-state index in [2.05, 4.69) is 37.7 Å². The number of carbonyl (C=O) groups is 2. The van der Waals surface area contributed by atoms with E-state index in [0.717, 1.165) is 21.4 Å². The minimum atomic E-state index is -0.0205. The summed E-state index contributed by atoms with van der Waals surface area (Å²) in [5, 5.41) is 2.78. The molecule has 0 saturated carbocycles. The number of benzene rings is 1. The molecule has 1 aromatic heterocycles. The molecule has 0 spiro atoms. The standard InChI is InChI=1S/C22H25BrN4O2/c1-3-9-24-21(28)15-26-10-12-27(13-11-26)22(29)19-7-8-20(25-16(19)2)17-5-4-6-18(23)14-17/h3-8,14H,1,9-13,15H2,2H3,(H,24,28). The molecule has 1 fully saturated rings. The Balaban J connectivity index is 1.61. The summed E-state index contributed by atoms with van der Waals surface area (Å²) in [5.41, 5.74) is 3.19. The van der Waals surface area contributed by atoms with Crippen molar-refractivity contribution in [2.24, 2.45) is 0 Å². The molecule has 0 radical (unpaired) electrons. The first kappa shape index (κ1) is 21.2. The van der Waals surface area contributed by atoms with E-state index in [1.807, 2.05) is 48.2 Å². The Hall–Kier alpha value is -2.51. The van der Waals surface area contributed by atoms with E-state index in [9.17, 15) is 9.59 Å². The van der Waals surface area contributed by atoms with Crippen LogP contribution in [0.2, 0.25) is 0 Å². The normalized spacial score (nSPS) is 14.5. The van der Waals surface area contributed by atoms with Gasteiger partial charge in [-0.15, -0.1) is 6.58 Å². The molecule has 0 atom stereocenters. The Kier molecular flexibility index (Phi) is 7.17. The molecule has 2 aromatic rings. The molecule has 1 aliphatic heterocycles. The molecule has 1 aliphatic rings. The van der Waals surface area contributed by atoms with Gasteiger partial charge in [0, 0.05) is 42.8 Å². The number of nitrogens with one attached hydrogen (secondary N) is 1. The van der Waals surface area contributed by atoms with Crippen molar-refractivity contribution in [3.8, 4) is 11.3 Å². The molecule has 2 heterocycles. The number of hydrogen-bond acceptors (Lipinski definition) is 4. The molecule has 0 unspecified atom stereocenters. The monoisotopic (exact) mass is 456 g/mol. The lowest BCUT2D eigenvalue weighted by Crippen LogP contribution is -2.51. The van der Waals surface area contributed by atoms with E-state index in [-0.39, 0.29) is 11.8 Å². The highest BCUT2D eigenvalue weighted by molar-refractivity contribution is 9.10. The molecule has 29 heavy (non-hydrogen) atoms. The zero-order chi connectivity index (χ0) is 20.8. The Bertz CT molecular complexity index is 907. The van der Waals surface area contributed by atoms with Crippen LogP contribution in [0.1, 0.15) is 16.1 Å². The van der Waals surface area contributed by atoms with Crippen LogP contribution in [-0.4, -0.2) is 65.9 Å². The van der Waals surface area contributed by atoms with Gasteiger partial charge < -0.3 is 10.2 Å². The van der Waals surface area contributed by atoms with Crippen molar-refractivity contribution < 1.29 is 9.59 Å². The molecule has 1 aromatic carbocycles. The third-order valence-corrected chi connectivity index (χ3v) is 5.40. The smallest absolute Gasteiger partial charge is 0.255 e. The Morgan fingerprint density at radius 1 is 1.21 bits per heavy atom. The second-order valence-electron chi connectivity index (χ2n) is 7.00. The summed E-state index contributed by atoms with van der Waals surface area (Å²) in [6.07, 6.45) is 1.66. The minimum Gasteiger partial charge on any atom is -0.352 e. The lowest BCUT2D eigenvalue weighted by molar-refractivity contribution is -0.122. The fourth-order valence-corrected chi connectivity index (χ4v) is 3.72. The summed E-state index contributed by atoms with van der Waals surface area (Å²) in [4.78, 5) is 33.3. The third-order valence-electron chi connectivity index (χ3n) is 4.91. The molecule has 0 aliphatic carbocycles. The number of carbonyl (C=O) groups excluding carboxylic acids is 2. The zero-order valence-corrected chi connectivity index (χ0v) is 18.1. The summed E-state index contributed by atoms with van der Waals surface area (Å²) < 4.78 is 0.991. The number of rotatable bonds is 6. The molecular formula is C22H25BrN4O2. The van der Waals surface area contributed by atoms with E-state index < -0.39 is 0 Å². The van der Waals surface area contributed by atoms with Crippen LogP contribution in [0.4, 0.5) is 0 Å². The quantitative estimate of drug-likeness (QED) is 0.678. The minimum absolute atomic E-state index is 0.00782. The summed E-state index contributed by atoms with van der Waals surface area (Å²) in [6, 6.07) is 11.7. The van der Waals surface area contributed by atoms with Gasteiger partial charge in [-0.3, -0.25) is 19.5 Å². The number of halogens is 1. The molecule has 1 saturated heterocycles. The van der Waals surface area contributed by atoms with Crippen molar-refractivity contribution in [2.75, 3.05) is 39.3 Å². The summed E-state index contributed by atoms with van der Waals surface area (Å²) in [6.45, 7) is 8.83. The van der Waals surface area contributed by atoms with Gasteiger partial charge in [0.1, 0.15) is 0 Å². The highest BCUT2D eigenvalue weighted by Crippen LogP contribution is 2.23. The van der Waals surface area contributed by atoms with E-state index in [4.69, 9.17) is 0 Å². The predicted octanol–water partition coefficient (Wildman–Crippen LogP) is 2.88. The van der Waals surface area contributed by atoms with Gasteiger partial charge in [-0.05, 0) is 31.2 Å². The average Bonchev–Trinajstić information content (AvgIpc) is 2.72. The second-order valence-corrected chi connectivity index (χ2v) is 7.92. The Morgan fingerprint density at radius 2 is 1.97 bits per heavy atom. The number of pyridine rings is 1. The van der Waals surface area contributed by atoms with Gasteiger partial charge in [-0.2, -0.15) is 0 Å². The molecule has 152 valence electrons. The van der Waals surface area contributed by atoms with Gasteiger partial charge in [0.2, 0.25) is 5.91 Å². The number of nitrogens with zero attached hydrogens (tertiary/aromatic N) is 3. The summed E-state index contributed by atoms with van der Waals surface area (Å²) >= 11 is 3.48. The fourth-order valence-electron chi connectivity index (χ4n) is 3.32. The first-order valence-electron chi connectivity index (χ1n) is 9.60. The molecule has 1 N–H and O–H groups in total. The number of amides is 2. The maximum Gasteiger partial charge on any atom is 0.255 e. The van der Waals surface area contributed by atoms with Crippen LogP contribution in [0.25, 0.3) is 11.3 Å². The maximum absolute atomic E-state index is 13.0. The van der Waals surface area contributed by atoms with Crippen molar-refractivity contribution in [3.05, 3.63) is 64.8 Å². The summed E-state index contributed by atoms with van der Waals surface area (Å²) in [7, 11) is 0. The average molecular weight is 457 g/mol. The van der Waals surface area contributed by atoms with Crippen molar-refractivity contribution >= 4 is 27.7 Å². The number of aryl methyl sites for hydroxylation is 1. The van der Waals surface area contributed by atoms with Crippen LogP contribution >= 0.6 is 15.9 Å². The van der Waals surface area contributed by atoms with Crippen LogP contribution in [-0.2, 0) is 4.79 Å². The van der Waals surface area contributed by atoms with Gasteiger partial charge in [-0.1, -0.05) is 34.1 Å². The van der Waals surface area contributed by atoms with E-state index in [0.29, 0.717) is 44.8 Å². The van der Waals surface area contributed by atoms with Crippen LogP contribution in [0.3, 0.4) is 0 Å². The lowest BCUT2D eigenvalue weighted by Gasteiger charge is -2.34. The van der Waals surface area contributed by atoms with Crippen molar-refractivity contribution in [2.45, 2.75) is 6.92 Å². The zero-order valence-electron chi connectivity index (χ0n) is 16.5. The third kappa shape index (κ3) is 5.52. The molecule has 2 amide bonds. The van der Waals surface area contributed by atoms with Gasteiger partial charge in [0.25, 0.3) is 5.91 Å². The SMILES string of the molecule is C=CCNC(=O)CN1CCN(C(=O)c2ccc(-c3cccc(Br)c3)nc2C)CC1. The Morgan fingerprint density at radius 3 is 2.62 bits per heavy atom. The lowest BCUT2D eigenvalue weighted by atomic mass is 10.1. The van der Waals surface area contributed by atoms with Crippen molar-refractivity contribution in [1.82, 2.24) is 20.1 Å². The fraction of sp³-hybridized carbons (Fsp3) is 0.318. The topological polar surface area (TPSA) is 65.5 Å². The van der Waals surface area contributed by atoms with E-state index in [1.54, 1.807) is 6.08 Å². The van der Waals surface area contributed by atoms with Crippen molar-refractivity contribution in [1.29, 1.82) is 0 Å². The molecule has 3 rings (SSSR count). The van der Waals surface area contributed by atoms with Gasteiger partial charge in [-0.25, -0.2) is 0 Å². The van der Waals surface area contributed by atoms with Crippen LogP contribution in [0.5, 0.6) is 0 Å². The van der Waals surface area contributed by atoms with Gasteiger partial charge >= 0.3 is 0 Å². The largest absolute Gasteiger partial charge is 0.352 e. The Labute approximate surface area is 179 Å². The first-order chi connectivity index (χ1) is 14.0. The summed E-state index contributed by atoms with van der Waals surface area (Å²) in [5.74, 6) is -0.0283. The maximum atomic E-state index is 13.0. The second kappa shape index (κ2) is 9.80. The van der Waals surface area contributed by atoms with E-state index >= 15 is 0 Å². The van der Waals surface area contributed by atoms with E-state index in [1.165, 1.54) is 0 Å². The molecule has 6 nitrogen and oxygen atoms in total. The number of hydrogen-bond donors (Lipinski definition) is 1. The van der Waals surface area contributed by atoms with Crippen LogP contribution < -0.4 is 5.32 Å². The number of aromatic nitrogens is 1. The van der Waals surface area contributed by atoms with Crippen LogP contribution in [0.15, 0.2) is 53.5 Å². The van der Waals surface area contributed by atoms with Crippen LogP contribution in [0, 0.1) is 6.92 Å². The first-order valence-corrected chi connectivity index (χ1v) is 10.4. The number of piperazine rings is 1. The van der Waals surface area contributed by atoms with Gasteiger partial charge in [0.05, 0.1) is 23.5 Å². The molecular weight excluding hydrogens is 432 g/mol. The molecule has 7 heteroatoms. The van der Waals surface area contributed by atoms with Crippen molar-refractivity contribution in [3.63, 3.8) is 0 Å². The predicted molar refractivity (Wildman–Crippen MR) is 118 cm³/mol. The highest BCUT2D eigenvalue weighted by atomic mass is 79.9. The highest BCUT2D eigenvalue weighted by Gasteiger charge is 2.24. The molecule has 0 bridgehead atoms. The van der Waals surface area contributed by atoms with Gasteiger partial charge in [0.15, 0.2) is 0 Å².